The zero-order valence-electron chi connectivity index (χ0n) is 9.97. The Bertz CT molecular complexity index is 380. The molecule has 1 aliphatic heterocycles. The summed E-state index contributed by atoms with van der Waals surface area (Å²) in [4.78, 5) is 13.5. The molecule has 0 bridgehead atoms. The summed E-state index contributed by atoms with van der Waals surface area (Å²) in [6, 6.07) is 9.80. The van der Waals surface area contributed by atoms with Crippen LogP contribution < -0.4 is 5.32 Å². The van der Waals surface area contributed by atoms with Crippen molar-refractivity contribution in [3.63, 3.8) is 0 Å². The first-order valence-electron chi connectivity index (χ1n) is 5.89. The summed E-state index contributed by atoms with van der Waals surface area (Å²) in [6.45, 7) is 3.39. The lowest BCUT2D eigenvalue weighted by Crippen LogP contribution is -2.40. The van der Waals surface area contributed by atoms with Crippen molar-refractivity contribution in [3.05, 3.63) is 35.9 Å². The average Bonchev–Trinajstić information content (AvgIpc) is 2.40. The molecule has 1 aromatic rings. The molecule has 0 aliphatic carbocycles. The van der Waals surface area contributed by atoms with Crippen LogP contribution in [-0.2, 0) is 11.3 Å². The maximum Gasteiger partial charge on any atom is 0.234 e. The van der Waals surface area contributed by atoms with Gasteiger partial charge < -0.3 is 10.4 Å². The summed E-state index contributed by atoms with van der Waals surface area (Å²) < 4.78 is 0. The van der Waals surface area contributed by atoms with Gasteiger partial charge in [-0.25, -0.2) is 0 Å². The maximum atomic E-state index is 11.6. The Labute approximate surface area is 101 Å². The molecule has 17 heavy (non-hydrogen) atoms. The van der Waals surface area contributed by atoms with Gasteiger partial charge in [0, 0.05) is 13.1 Å². The number of β-amino-alcohol motifs (C(OH)–C–C–N with tert-alkyl or cyclic N) is 1. The van der Waals surface area contributed by atoms with Gasteiger partial charge in [0.05, 0.1) is 18.7 Å². The lowest BCUT2D eigenvalue weighted by Gasteiger charge is -2.21. The number of nitrogens with one attached hydrogen (secondary N) is 1. The minimum absolute atomic E-state index is 0.0232. The van der Waals surface area contributed by atoms with Crippen molar-refractivity contribution >= 4 is 5.91 Å². The topological polar surface area (TPSA) is 52.6 Å². The number of hydrogen-bond donors (Lipinski definition) is 2. The van der Waals surface area contributed by atoms with Crippen LogP contribution in [-0.4, -0.2) is 41.1 Å². The summed E-state index contributed by atoms with van der Waals surface area (Å²) in [5.74, 6) is -0.0232. The van der Waals surface area contributed by atoms with Crippen LogP contribution in [0.5, 0.6) is 0 Å². The van der Waals surface area contributed by atoms with Crippen LogP contribution in [0.4, 0.5) is 0 Å². The van der Waals surface area contributed by atoms with E-state index in [2.05, 4.69) is 5.32 Å². The van der Waals surface area contributed by atoms with E-state index in [-0.39, 0.29) is 11.9 Å². The first kappa shape index (κ1) is 12.1. The maximum absolute atomic E-state index is 11.6. The number of aliphatic hydroxyl groups is 1. The minimum Gasteiger partial charge on any atom is -0.390 e. The molecule has 1 unspecified atom stereocenters. The fraction of sp³-hybridized carbons (Fsp3) is 0.462. The van der Waals surface area contributed by atoms with Gasteiger partial charge in [-0.05, 0) is 12.5 Å². The van der Waals surface area contributed by atoms with Crippen molar-refractivity contribution in [2.24, 2.45) is 0 Å². The highest BCUT2D eigenvalue weighted by molar-refractivity contribution is 5.78. The molecular weight excluding hydrogens is 216 g/mol. The molecule has 4 nitrogen and oxygen atoms in total. The molecule has 1 fully saturated rings. The van der Waals surface area contributed by atoms with E-state index in [1.807, 2.05) is 42.2 Å². The number of carbonyl (C=O) groups excluding carboxylic acids is 1. The van der Waals surface area contributed by atoms with Gasteiger partial charge in [0.2, 0.25) is 5.91 Å². The summed E-state index contributed by atoms with van der Waals surface area (Å²) in [5.41, 5.74) is 1.15. The van der Waals surface area contributed by atoms with E-state index in [0.29, 0.717) is 19.6 Å². The highest BCUT2D eigenvalue weighted by Crippen LogP contribution is 2.08. The summed E-state index contributed by atoms with van der Waals surface area (Å²) in [6.07, 6.45) is -0.509. The molecule has 1 aliphatic rings. The SMILES string of the molecule is C[C@H]1NC(=O)CN(Cc2ccccc2)CC1O. The van der Waals surface area contributed by atoms with E-state index in [9.17, 15) is 9.90 Å². The van der Waals surface area contributed by atoms with Gasteiger partial charge in [-0.3, -0.25) is 9.69 Å². The van der Waals surface area contributed by atoms with Crippen molar-refractivity contribution in [1.82, 2.24) is 10.2 Å². The molecule has 0 spiro atoms. The van der Waals surface area contributed by atoms with E-state index in [4.69, 9.17) is 0 Å². The quantitative estimate of drug-likeness (QED) is 0.777. The van der Waals surface area contributed by atoms with Crippen LogP contribution in [0.2, 0.25) is 0 Å². The predicted molar refractivity (Wildman–Crippen MR) is 65.3 cm³/mol. The monoisotopic (exact) mass is 234 g/mol. The van der Waals surface area contributed by atoms with Gasteiger partial charge in [-0.1, -0.05) is 30.3 Å². The Balaban J connectivity index is 2.03. The molecule has 0 radical (unpaired) electrons. The van der Waals surface area contributed by atoms with E-state index in [1.165, 1.54) is 0 Å². The Morgan fingerprint density at radius 2 is 2.12 bits per heavy atom. The first-order chi connectivity index (χ1) is 8.15. The fourth-order valence-corrected chi connectivity index (χ4v) is 2.05. The molecule has 4 heteroatoms. The van der Waals surface area contributed by atoms with Gasteiger partial charge in [0.15, 0.2) is 0 Å². The Morgan fingerprint density at radius 1 is 1.41 bits per heavy atom. The second-order valence-electron chi connectivity index (χ2n) is 4.58. The molecule has 2 rings (SSSR count). The smallest absolute Gasteiger partial charge is 0.234 e. The minimum atomic E-state index is -0.509. The standard InChI is InChI=1S/C13H18N2O2/c1-10-12(16)8-15(9-13(17)14-10)7-11-5-3-2-4-6-11/h2-6,10,12,16H,7-9H2,1H3,(H,14,17)/t10-,12?/m1/s1. The highest BCUT2D eigenvalue weighted by atomic mass is 16.3. The predicted octanol–water partition coefficient (Wildman–Crippen LogP) is 0.368. The van der Waals surface area contributed by atoms with Gasteiger partial charge >= 0.3 is 0 Å². The van der Waals surface area contributed by atoms with Gasteiger partial charge in [-0.2, -0.15) is 0 Å². The third-order valence-corrected chi connectivity index (χ3v) is 3.03. The number of aliphatic hydroxyl groups excluding tert-OH is 1. The second kappa shape index (κ2) is 5.29. The number of carbonyl (C=O) groups is 1. The Hall–Kier alpha value is -1.39. The van der Waals surface area contributed by atoms with E-state index in [0.717, 1.165) is 5.56 Å². The van der Waals surface area contributed by atoms with Crippen LogP contribution in [0.15, 0.2) is 30.3 Å². The summed E-state index contributed by atoms with van der Waals surface area (Å²) >= 11 is 0. The molecule has 92 valence electrons. The van der Waals surface area contributed by atoms with Gasteiger partial charge in [0.25, 0.3) is 0 Å². The zero-order chi connectivity index (χ0) is 12.3. The number of rotatable bonds is 2. The summed E-state index contributed by atoms with van der Waals surface area (Å²) in [7, 11) is 0. The van der Waals surface area contributed by atoms with Gasteiger partial charge in [0.1, 0.15) is 0 Å². The van der Waals surface area contributed by atoms with E-state index in [1.54, 1.807) is 0 Å². The van der Waals surface area contributed by atoms with Crippen molar-refractivity contribution < 1.29 is 9.90 Å². The molecule has 1 saturated heterocycles. The van der Waals surface area contributed by atoms with Crippen LogP contribution in [0.25, 0.3) is 0 Å². The molecule has 0 saturated carbocycles. The number of benzene rings is 1. The fourth-order valence-electron chi connectivity index (χ4n) is 2.05. The highest BCUT2D eigenvalue weighted by Gasteiger charge is 2.25. The van der Waals surface area contributed by atoms with Crippen LogP contribution in [0, 0.1) is 0 Å². The van der Waals surface area contributed by atoms with Crippen molar-refractivity contribution in [2.75, 3.05) is 13.1 Å². The Morgan fingerprint density at radius 3 is 2.82 bits per heavy atom. The molecule has 2 N–H and O–H groups in total. The molecule has 2 atom stereocenters. The van der Waals surface area contributed by atoms with Crippen molar-refractivity contribution in [3.8, 4) is 0 Å². The Kier molecular flexibility index (Phi) is 3.76. The third-order valence-electron chi connectivity index (χ3n) is 3.03. The number of amides is 1. The normalized spacial score (nSPS) is 26.4. The molecule has 0 aromatic heterocycles. The van der Waals surface area contributed by atoms with Crippen LogP contribution >= 0.6 is 0 Å². The lowest BCUT2D eigenvalue weighted by atomic mass is 10.1. The average molecular weight is 234 g/mol. The van der Waals surface area contributed by atoms with Crippen LogP contribution in [0.1, 0.15) is 12.5 Å². The summed E-state index contributed by atoms with van der Waals surface area (Å²) in [5, 5.41) is 12.6. The molecular formula is C13H18N2O2. The van der Waals surface area contributed by atoms with Crippen molar-refractivity contribution in [2.45, 2.75) is 25.6 Å². The molecule has 1 amide bonds. The zero-order valence-corrected chi connectivity index (χ0v) is 9.97. The second-order valence-corrected chi connectivity index (χ2v) is 4.58. The largest absolute Gasteiger partial charge is 0.390 e. The number of nitrogens with zero attached hydrogens (tertiary/aromatic N) is 1. The molecule has 1 heterocycles. The van der Waals surface area contributed by atoms with Crippen molar-refractivity contribution in [1.29, 1.82) is 0 Å². The lowest BCUT2D eigenvalue weighted by molar-refractivity contribution is -0.122. The van der Waals surface area contributed by atoms with Crippen LogP contribution in [0.3, 0.4) is 0 Å². The van der Waals surface area contributed by atoms with Gasteiger partial charge in [-0.15, -0.1) is 0 Å². The number of hydrogen-bond acceptors (Lipinski definition) is 3. The van der Waals surface area contributed by atoms with E-state index >= 15 is 0 Å². The van der Waals surface area contributed by atoms with E-state index < -0.39 is 6.10 Å². The molecule has 1 aromatic carbocycles. The third kappa shape index (κ3) is 3.28. The first-order valence-corrected chi connectivity index (χ1v) is 5.89.